The number of nitrogens with one attached hydrogen (secondary N) is 2. The van der Waals surface area contributed by atoms with Crippen LogP contribution in [0.5, 0.6) is 5.88 Å². The molecule has 4 rings (SSSR count). The molecular formula is C21H29ClFN7O2. The fourth-order valence-electron chi connectivity index (χ4n) is 3.94. The molecule has 2 unspecified atom stereocenters. The van der Waals surface area contributed by atoms with E-state index in [1.165, 1.54) is 6.20 Å². The first-order valence-corrected chi connectivity index (χ1v) is 11.2. The summed E-state index contributed by atoms with van der Waals surface area (Å²) >= 11 is 6.52. The Morgan fingerprint density at radius 2 is 2.31 bits per heavy atom. The maximum absolute atomic E-state index is 14.9. The Morgan fingerprint density at radius 3 is 3.00 bits per heavy atom. The molecule has 3 atom stereocenters. The molecular weight excluding hydrogens is 437 g/mol. The molecule has 4 N–H and O–H groups in total. The average Bonchev–Trinajstić information content (AvgIpc) is 3.17. The lowest BCUT2D eigenvalue weighted by molar-refractivity contribution is -0.0689. The Kier molecular flexibility index (Phi) is 7.12. The topological polar surface area (TPSA) is 114 Å². The number of halogens is 2. The van der Waals surface area contributed by atoms with E-state index in [4.69, 9.17) is 26.8 Å². The predicted octanol–water partition coefficient (Wildman–Crippen LogP) is 2.65. The van der Waals surface area contributed by atoms with Crippen LogP contribution < -0.4 is 15.8 Å². The zero-order chi connectivity index (χ0) is 22.7. The van der Waals surface area contributed by atoms with Crippen LogP contribution in [0, 0.1) is 5.92 Å². The zero-order valence-corrected chi connectivity index (χ0v) is 19.0. The first-order valence-electron chi connectivity index (χ1n) is 10.9. The van der Waals surface area contributed by atoms with Crippen molar-refractivity contribution >= 4 is 33.8 Å². The summed E-state index contributed by atoms with van der Waals surface area (Å²) in [5.41, 5.74) is 6.78. The van der Waals surface area contributed by atoms with E-state index in [0.29, 0.717) is 56.1 Å². The number of rotatable bonds is 7. The van der Waals surface area contributed by atoms with Gasteiger partial charge in [-0.05, 0) is 19.4 Å². The molecule has 2 aromatic rings. The van der Waals surface area contributed by atoms with Gasteiger partial charge in [-0.2, -0.15) is 9.97 Å². The van der Waals surface area contributed by atoms with Gasteiger partial charge in [0.15, 0.2) is 0 Å². The molecule has 0 amide bonds. The number of likely N-dealkylation sites (tertiary alicyclic amines) is 1. The Morgan fingerprint density at radius 1 is 1.50 bits per heavy atom. The van der Waals surface area contributed by atoms with E-state index in [0.717, 1.165) is 11.9 Å². The van der Waals surface area contributed by atoms with Gasteiger partial charge in [-0.25, -0.2) is 4.39 Å². The number of aromatic amines is 1. The van der Waals surface area contributed by atoms with Crippen LogP contribution in [-0.4, -0.2) is 76.2 Å². The minimum Gasteiger partial charge on any atom is -0.477 e. The summed E-state index contributed by atoms with van der Waals surface area (Å²) in [5, 5.41) is 3.95. The number of alkyl halides is 1. The number of aliphatic imine (C=N–C) groups is 1. The quantitative estimate of drug-likeness (QED) is 0.538. The van der Waals surface area contributed by atoms with Gasteiger partial charge >= 0.3 is 0 Å². The predicted molar refractivity (Wildman–Crippen MR) is 123 cm³/mol. The molecule has 0 aliphatic carbocycles. The van der Waals surface area contributed by atoms with Crippen LogP contribution in [0.2, 0.25) is 0 Å². The molecule has 11 heteroatoms. The highest BCUT2D eigenvalue weighted by Crippen LogP contribution is 2.28. The van der Waals surface area contributed by atoms with Crippen molar-refractivity contribution < 1.29 is 13.9 Å². The van der Waals surface area contributed by atoms with Gasteiger partial charge in [0.25, 0.3) is 0 Å². The standard InChI is InChI=1S/C21H29ClFN7O2/c1-3-32-20-14-4-6-25-19(14)28-21(29-20)27-17(8-24)18(22)26-16-5-7-30(13-10-31-11-13)9-15(23)12(16)2/h4,6,8,12-13,15-16H,3,5,7,9-11,24H2,1-2H3,(H2,25,27,28,29)/t12?,15-,16?/m1/s1. The van der Waals surface area contributed by atoms with Gasteiger partial charge in [-0.1, -0.05) is 18.5 Å². The Labute approximate surface area is 191 Å². The minimum atomic E-state index is -0.998. The second kappa shape index (κ2) is 10.0. The summed E-state index contributed by atoms with van der Waals surface area (Å²) in [6.45, 7) is 6.68. The summed E-state index contributed by atoms with van der Waals surface area (Å²) in [5.74, 6) is 0.440. The van der Waals surface area contributed by atoms with Crippen molar-refractivity contribution in [2.24, 2.45) is 16.6 Å². The van der Waals surface area contributed by atoms with Crippen LogP contribution >= 0.6 is 11.6 Å². The van der Waals surface area contributed by atoms with E-state index in [1.54, 1.807) is 6.20 Å². The summed E-state index contributed by atoms with van der Waals surface area (Å²) < 4.78 is 25.8. The summed E-state index contributed by atoms with van der Waals surface area (Å²) in [6, 6.07) is 1.86. The van der Waals surface area contributed by atoms with Crippen molar-refractivity contribution in [1.82, 2.24) is 19.9 Å². The molecule has 0 saturated carbocycles. The van der Waals surface area contributed by atoms with Crippen molar-refractivity contribution in [3.63, 3.8) is 0 Å². The molecule has 2 aliphatic heterocycles. The van der Waals surface area contributed by atoms with Crippen molar-refractivity contribution in [2.75, 3.05) is 38.2 Å². The van der Waals surface area contributed by atoms with Crippen LogP contribution in [0.15, 0.2) is 29.2 Å². The van der Waals surface area contributed by atoms with Gasteiger partial charge in [0.05, 0.1) is 43.0 Å². The van der Waals surface area contributed by atoms with Crippen molar-refractivity contribution in [3.8, 4) is 5.88 Å². The van der Waals surface area contributed by atoms with Crippen molar-refractivity contribution in [3.05, 3.63) is 24.2 Å². The number of nitrogens with zero attached hydrogens (tertiary/aromatic N) is 4. The van der Waals surface area contributed by atoms with Gasteiger partial charge in [0, 0.05) is 31.4 Å². The highest BCUT2D eigenvalue weighted by molar-refractivity contribution is 6.69. The second-order valence-electron chi connectivity index (χ2n) is 8.07. The Hall–Kier alpha value is -2.43. The smallest absolute Gasteiger partial charge is 0.232 e. The summed E-state index contributed by atoms with van der Waals surface area (Å²) in [7, 11) is 0. The number of aromatic nitrogens is 3. The fourth-order valence-corrected chi connectivity index (χ4v) is 4.18. The molecule has 0 radical (unpaired) electrons. The maximum Gasteiger partial charge on any atom is 0.232 e. The Bertz CT molecular complexity index is 994. The lowest BCUT2D eigenvalue weighted by Crippen LogP contribution is -2.50. The SMILES string of the molecule is CCOc1nc(NC(=CN)C(Cl)=NC2CCN(C3COC3)C[C@@H](F)C2C)nc2[nH]ccc12. The van der Waals surface area contributed by atoms with E-state index in [9.17, 15) is 4.39 Å². The number of hydrogen-bond acceptors (Lipinski definition) is 8. The number of ether oxygens (including phenoxy) is 2. The summed E-state index contributed by atoms with van der Waals surface area (Å²) in [6.07, 6.45) is 2.77. The van der Waals surface area contributed by atoms with Gasteiger partial charge < -0.3 is 25.5 Å². The third-order valence-electron chi connectivity index (χ3n) is 6.01. The molecule has 2 saturated heterocycles. The van der Waals surface area contributed by atoms with Crippen LogP contribution in [0.4, 0.5) is 10.3 Å². The third kappa shape index (κ3) is 4.82. The van der Waals surface area contributed by atoms with Gasteiger partial charge in [-0.15, -0.1) is 0 Å². The van der Waals surface area contributed by atoms with Gasteiger partial charge in [0.1, 0.15) is 17.0 Å². The van der Waals surface area contributed by atoms with E-state index in [1.807, 2.05) is 19.9 Å². The highest BCUT2D eigenvalue weighted by atomic mass is 35.5. The second-order valence-corrected chi connectivity index (χ2v) is 8.43. The fraction of sp³-hybridized carbons (Fsp3) is 0.571. The van der Waals surface area contributed by atoms with Crippen molar-refractivity contribution in [1.29, 1.82) is 0 Å². The number of nitrogens with two attached hydrogens (primary N) is 1. The van der Waals surface area contributed by atoms with E-state index in [2.05, 4.69) is 30.2 Å². The monoisotopic (exact) mass is 465 g/mol. The largest absolute Gasteiger partial charge is 0.477 e. The van der Waals surface area contributed by atoms with E-state index < -0.39 is 6.17 Å². The molecule has 2 aliphatic rings. The van der Waals surface area contributed by atoms with Crippen LogP contribution in [-0.2, 0) is 4.74 Å². The molecule has 174 valence electrons. The molecule has 0 spiro atoms. The number of fused-ring (bicyclic) bond motifs is 1. The lowest BCUT2D eigenvalue weighted by Gasteiger charge is -2.37. The van der Waals surface area contributed by atoms with Crippen molar-refractivity contribution in [2.45, 2.75) is 38.5 Å². The lowest BCUT2D eigenvalue weighted by atomic mass is 9.96. The number of H-pyrrole nitrogens is 1. The first kappa shape index (κ1) is 22.8. The number of hydrogen-bond donors (Lipinski definition) is 3. The van der Waals surface area contributed by atoms with E-state index >= 15 is 0 Å². The van der Waals surface area contributed by atoms with E-state index in [-0.39, 0.29) is 23.1 Å². The molecule has 32 heavy (non-hydrogen) atoms. The molecule has 4 heterocycles. The first-order chi connectivity index (χ1) is 15.5. The summed E-state index contributed by atoms with van der Waals surface area (Å²) in [4.78, 5) is 18.7. The minimum absolute atomic E-state index is 0.158. The molecule has 9 nitrogen and oxygen atoms in total. The number of anilines is 1. The highest BCUT2D eigenvalue weighted by Gasteiger charge is 2.36. The Balaban J connectivity index is 1.50. The molecule has 2 aromatic heterocycles. The molecule has 0 bridgehead atoms. The normalized spacial score (nSPS) is 26.1. The molecule has 2 fully saturated rings. The van der Waals surface area contributed by atoms with Gasteiger partial charge in [-0.3, -0.25) is 9.89 Å². The third-order valence-corrected chi connectivity index (χ3v) is 6.31. The van der Waals surface area contributed by atoms with Gasteiger partial charge in [0.2, 0.25) is 11.8 Å². The van der Waals surface area contributed by atoms with Crippen LogP contribution in [0.1, 0.15) is 20.3 Å². The average molecular weight is 466 g/mol. The zero-order valence-electron chi connectivity index (χ0n) is 18.2. The number of allylic oxidation sites excluding steroid dienone is 1. The van der Waals surface area contributed by atoms with Crippen LogP contribution in [0.25, 0.3) is 11.0 Å². The maximum atomic E-state index is 14.9. The van der Waals surface area contributed by atoms with Crippen LogP contribution in [0.3, 0.4) is 0 Å². The molecule has 0 aromatic carbocycles.